The molecule has 1 radical (unpaired) electrons. The summed E-state index contributed by atoms with van der Waals surface area (Å²) in [4.78, 5) is 0. The van der Waals surface area contributed by atoms with E-state index < -0.39 is 0 Å². The maximum atomic E-state index is 2.37. The molecule has 1 heterocycles. The average Bonchev–Trinajstić information content (AvgIpc) is 2.12. The fourth-order valence-corrected chi connectivity index (χ4v) is 2.54. The molecule has 0 saturated heterocycles. The summed E-state index contributed by atoms with van der Waals surface area (Å²) in [7, 11) is 2.06. The second-order valence-corrected chi connectivity index (χ2v) is 5.52. The Morgan fingerprint density at radius 3 is 2.58 bits per heavy atom. The Labute approximate surface area is 115 Å². The van der Waals surface area contributed by atoms with Crippen LogP contribution in [0, 0.1) is 0 Å². The normalized spacial score (nSPS) is 17.1. The first-order valence-electron chi connectivity index (χ1n) is 3.31. The van der Waals surface area contributed by atoms with Gasteiger partial charge in [0.25, 0.3) is 0 Å². The number of hydrogen-bond acceptors (Lipinski definition) is 0. The predicted octanol–water partition coefficient (Wildman–Crippen LogP) is 3.04. The van der Waals surface area contributed by atoms with Gasteiger partial charge in [-0.1, -0.05) is 0 Å². The Kier molecular flexibility index (Phi) is 5.74. The van der Waals surface area contributed by atoms with Crippen LogP contribution in [0.25, 0.3) is 0 Å². The molecule has 1 aliphatic rings. The second-order valence-electron chi connectivity index (χ2n) is 2.11. The van der Waals surface area contributed by atoms with Gasteiger partial charge in [-0.05, 0) is 0 Å². The van der Waals surface area contributed by atoms with Crippen molar-refractivity contribution in [2.45, 2.75) is 0 Å². The summed E-state index contributed by atoms with van der Waals surface area (Å²) in [5, 5.41) is 0. The van der Waals surface area contributed by atoms with E-state index >= 15 is 0 Å². The molecule has 0 aromatic carbocycles. The van der Waals surface area contributed by atoms with Crippen molar-refractivity contribution in [3.63, 3.8) is 0 Å². The van der Waals surface area contributed by atoms with Gasteiger partial charge in [-0.25, -0.2) is 0 Å². The van der Waals surface area contributed by atoms with Crippen molar-refractivity contribution >= 4 is 85.2 Å². The molecule has 5 heteroatoms. The summed E-state index contributed by atoms with van der Waals surface area (Å²) in [5.41, 5.74) is 0. The van der Waals surface area contributed by atoms with Crippen molar-refractivity contribution in [2.75, 3.05) is 0 Å². The van der Waals surface area contributed by atoms with E-state index in [0.29, 0.717) is 0 Å². The van der Waals surface area contributed by atoms with E-state index in [1.807, 2.05) is 12.1 Å². The number of rotatable bonds is 0. The van der Waals surface area contributed by atoms with Gasteiger partial charge in [0.1, 0.15) is 0 Å². The van der Waals surface area contributed by atoms with E-state index in [1.54, 1.807) is 0 Å². The number of allylic oxidation sites excluding steroid dienone is 5. The zero-order chi connectivity index (χ0) is 8.97. The van der Waals surface area contributed by atoms with Crippen LogP contribution in [0.5, 0.6) is 0 Å². The van der Waals surface area contributed by atoms with Crippen LogP contribution in [-0.4, -0.2) is 17.5 Å². The molecule has 0 saturated carbocycles. The summed E-state index contributed by atoms with van der Waals surface area (Å²) >= 11 is 7.06. The summed E-state index contributed by atoms with van der Waals surface area (Å²) < 4.78 is 3.88. The van der Waals surface area contributed by atoms with Gasteiger partial charge in [0, 0.05) is 0 Å². The third-order valence-corrected chi connectivity index (χ3v) is 6.26. The van der Waals surface area contributed by atoms with Crippen molar-refractivity contribution in [2.24, 2.45) is 0 Å². The molecule has 59 valence electrons. The van der Waals surface area contributed by atoms with E-state index in [2.05, 4.69) is 93.9 Å². The minimum atomic E-state index is 1.29. The molecule has 0 unspecified atom stereocenters. The fraction of sp³-hybridized carbons (Fsp3) is 0. The molecule has 0 aromatic rings. The van der Waals surface area contributed by atoms with Gasteiger partial charge in [0.15, 0.2) is 0 Å². The topological polar surface area (TPSA) is 0 Å². The molecule has 12 heavy (non-hydrogen) atoms. The van der Waals surface area contributed by atoms with Gasteiger partial charge in [0.05, 0.1) is 0 Å². The van der Waals surface area contributed by atoms with Crippen molar-refractivity contribution in [1.82, 2.24) is 0 Å². The third kappa shape index (κ3) is 3.65. The van der Waals surface area contributed by atoms with E-state index in [1.165, 1.54) is 10.6 Å². The summed E-state index contributed by atoms with van der Waals surface area (Å²) in [6.45, 7) is 2.12. The SMILES string of the molecule is IC1=B[B]C=CC=CC(I)=C1I. The Hall–Kier alpha value is 1.41. The van der Waals surface area contributed by atoms with Gasteiger partial charge in [0.2, 0.25) is 0 Å². The molecule has 0 fully saturated rings. The molecule has 1 rings (SSSR count). The Morgan fingerprint density at radius 2 is 1.83 bits per heavy atom. The van der Waals surface area contributed by atoms with Gasteiger partial charge < -0.3 is 0 Å². The van der Waals surface area contributed by atoms with Crippen LogP contribution in [0.1, 0.15) is 0 Å². The summed E-state index contributed by atoms with van der Waals surface area (Å²) in [6, 6.07) is 0. The van der Waals surface area contributed by atoms with Crippen LogP contribution in [-0.2, 0) is 0 Å². The molecule has 0 amide bonds. The maximum absolute atomic E-state index is 2.37. The molecule has 0 aromatic heterocycles. The Bertz CT molecular complexity index is 289. The molecular formula is C7H4B2I3. The van der Waals surface area contributed by atoms with Crippen molar-refractivity contribution < 1.29 is 0 Å². The Balaban J connectivity index is 3.04. The molecule has 0 nitrogen and oxygen atoms in total. The molecule has 0 atom stereocenters. The molecule has 0 N–H and O–H groups in total. The zero-order valence-corrected chi connectivity index (χ0v) is 12.6. The van der Waals surface area contributed by atoms with Gasteiger partial charge >= 0.3 is 117 Å². The molecule has 0 spiro atoms. The van der Waals surface area contributed by atoms with E-state index in [4.69, 9.17) is 0 Å². The minimum absolute atomic E-state index is 1.29. The number of hydrogen-bond donors (Lipinski definition) is 0. The molecule has 1 aliphatic heterocycles. The van der Waals surface area contributed by atoms with Crippen LogP contribution in [0.15, 0.2) is 31.4 Å². The average molecular weight is 490 g/mol. The first-order chi connectivity index (χ1) is 5.72. The first kappa shape index (κ1) is 11.5. The summed E-state index contributed by atoms with van der Waals surface area (Å²) in [6.07, 6.45) is 6.21. The van der Waals surface area contributed by atoms with Crippen molar-refractivity contribution in [3.8, 4) is 0 Å². The van der Waals surface area contributed by atoms with Gasteiger partial charge in [-0.2, -0.15) is 0 Å². The van der Waals surface area contributed by atoms with E-state index in [0.717, 1.165) is 0 Å². The van der Waals surface area contributed by atoms with Crippen LogP contribution >= 0.6 is 67.8 Å². The van der Waals surface area contributed by atoms with Crippen LogP contribution in [0.3, 0.4) is 0 Å². The van der Waals surface area contributed by atoms with Gasteiger partial charge in [-0.3, -0.25) is 0 Å². The monoisotopic (exact) mass is 491 g/mol. The number of halogens is 3. The third-order valence-electron chi connectivity index (χ3n) is 1.24. The fourth-order valence-electron chi connectivity index (χ4n) is 0.669. The van der Waals surface area contributed by atoms with Crippen LogP contribution < -0.4 is 0 Å². The Morgan fingerprint density at radius 1 is 1.08 bits per heavy atom. The van der Waals surface area contributed by atoms with Crippen LogP contribution in [0.2, 0.25) is 0 Å². The molecular weight excluding hydrogens is 486 g/mol. The van der Waals surface area contributed by atoms with E-state index in [-0.39, 0.29) is 0 Å². The predicted molar refractivity (Wildman–Crippen MR) is 83.9 cm³/mol. The van der Waals surface area contributed by atoms with Gasteiger partial charge in [-0.15, -0.1) is 0 Å². The standard InChI is InChI=1S/C7H4B2I3/c10-5-3-1-2-4-8-9-7(12)6(5)11/h1-4H. The quantitative estimate of drug-likeness (QED) is 0.362. The second kappa shape index (κ2) is 6.00. The van der Waals surface area contributed by atoms with E-state index in [9.17, 15) is 0 Å². The van der Waals surface area contributed by atoms with Crippen molar-refractivity contribution in [3.05, 3.63) is 31.4 Å². The van der Waals surface area contributed by atoms with Crippen LogP contribution in [0.4, 0.5) is 0 Å². The molecule has 0 bridgehead atoms. The van der Waals surface area contributed by atoms with Crippen molar-refractivity contribution in [1.29, 1.82) is 0 Å². The molecule has 0 aliphatic carbocycles. The zero-order valence-electron chi connectivity index (χ0n) is 6.10. The summed E-state index contributed by atoms with van der Waals surface area (Å²) in [5.74, 6) is 2.04. The first-order valence-corrected chi connectivity index (χ1v) is 6.55.